The number of hydrogen-bond donors (Lipinski definition) is 0. The van der Waals surface area contributed by atoms with Gasteiger partial charge < -0.3 is 0 Å². The third-order valence-corrected chi connectivity index (χ3v) is 4.32. The van der Waals surface area contributed by atoms with Gasteiger partial charge in [-0.05, 0) is 43.7 Å². The van der Waals surface area contributed by atoms with Crippen molar-refractivity contribution < 1.29 is 0 Å². The van der Waals surface area contributed by atoms with Gasteiger partial charge in [-0.1, -0.05) is 36.8 Å². The van der Waals surface area contributed by atoms with Crippen LogP contribution in [-0.2, 0) is 0 Å². The minimum absolute atomic E-state index is 0.788. The first-order chi connectivity index (χ1) is 7.93. The summed E-state index contributed by atoms with van der Waals surface area (Å²) in [6.45, 7) is 2.64. The van der Waals surface area contributed by atoms with Crippen molar-refractivity contribution in [2.24, 2.45) is 0 Å². The maximum absolute atomic E-state index is 2.74. The van der Waals surface area contributed by atoms with Gasteiger partial charge in [0.25, 0.3) is 0 Å². The van der Waals surface area contributed by atoms with E-state index in [0.717, 1.165) is 12.0 Å². The van der Waals surface area contributed by atoms with Crippen LogP contribution in [0.4, 0.5) is 0 Å². The molecule has 1 heteroatoms. The number of piperidine rings is 2. The molecule has 1 nitrogen and oxygen atoms in total. The Bertz CT molecular complexity index is 333. The van der Waals surface area contributed by atoms with E-state index in [1.54, 1.807) is 5.56 Å². The summed E-state index contributed by atoms with van der Waals surface area (Å²) in [5, 5.41) is 0. The minimum Gasteiger partial charge on any atom is -0.300 e. The summed E-state index contributed by atoms with van der Waals surface area (Å²) < 4.78 is 0. The number of nitrogens with zero attached hydrogens (tertiary/aromatic N) is 1. The average Bonchev–Trinajstić information content (AvgIpc) is 2.39. The fraction of sp³-hybridized carbons (Fsp3) is 0.600. The zero-order valence-electron chi connectivity index (χ0n) is 9.94. The maximum atomic E-state index is 2.74. The summed E-state index contributed by atoms with van der Waals surface area (Å²) in [4.78, 5) is 2.74. The largest absolute Gasteiger partial charge is 0.300 e. The van der Waals surface area contributed by atoms with Crippen molar-refractivity contribution in [1.82, 2.24) is 4.90 Å². The molecule has 0 amide bonds. The molecule has 86 valence electrons. The zero-order chi connectivity index (χ0) is 10.8. The predicted octanol–water partition coefficient (Wildman–Crippen LogP) is 3.42. The molecule has 2 aliphatic rings. The molecule has 3 rings (SSSR count). The molecule has 0 aliphatic carbocycles. The zero-order valence-corrected chi connectivity index (χ0v) is 9.94. The molecule has 2 saturated heterocycles. The van der Waals surface area contributed by atoms with Gasteiger partial charge in [0.1, 0.15) is 0 Å². The van der Waals surface area contributed by atoms with Crippen LogP contribution in [0.5, 0.6) is 0 Å². The Labute approximate surface area is 98.5 Å². The van der Waals surface area contributed by atoms with E-state index in [2.05, 4.69) is 35.2 Å². The van der Waals surface area contributed by atoms with Gasteiger partial charge in [0.2, 0.25) is 0 Å². The Morgan fingerprint density at radius 3 is 2.69 bits per heavy atom. The second-order valence-electron chi connectivity index (χ2n) is 5.33. The van der Waals surface area contributed by atoms with Crippen LogP contribution in [0.2, 0.25) is 0 Å². The molecule has 0 radical (unpaired) electrons. The highest BCUT2D eigenvalue weighted by molar-refractivity contribution is 5.20. The van der Waals surface area contributed by atoms with Gasteiger partial charge in [-0.15, -0.1) is 0 Å². The Hall–Kier alpha value is -0.820. The first-order valence-electron chi connectivity index (χ1n) is 6.72. The van der Waals surface area contributed by atoms with E-state index in [-0.39, 0.29) is 0 Å². The molecule has 0 saturated carbocycles. The van der Waals surface area contributed by atoms with E-state index < -0.39 is 0 Å². The Morgan fingerprint density at radius 2 is 1.81 bits per heavy atom. The molecule has 2 heterocycles. The number of hydrogen-bond acceptors (Lipinski definition) is 1. The molecule has 0 bridgehead atoms. The van der Waals surface area contributed by atoms with E-state index in [9.17, 15) is 0 Å². The first-order valence-corrected chi connectivity index (χ1v) is 6.72. The number of benzene rings is 1. The van der Waals surface area contributed by atoms with Crippen molar-refractivity contribution in [3.05, 3.63) is 35.9 Å². The minimum atomic E-state index is 0.788. The molecule has 1 aromatic rings. The highest BCUT2D eigenvalue weighted by atomic mass is 15.2. The monoisotopic (exact) mass is 215 g/mol. The molecule has 0 spiro atoms. The Kier molecular flexibility index (Phi) is 2.96. The molecule has 0 aromatic heterocycles. The smallest absolute Gasteiger partial charge is 0.00957 e. The molecular formula is C15H21N. The highest BCUT2D eigenvalue weighted by Gasteiger charge is 2.30. The number of fused-ring (bicyclic) bond motifs is 1. The van der Waals surface area contributed by atoms with Gasteiger partial charge >= 0.3 is 0 Å². The van der Waals surface area contributed by atoms with Crippen LogP contribution < -0.4 is 0 Å². The lowest BCUT2D eigenvalue weighted by Crippen LogP contribution is -2.45. The fourth-order valence-electron chi connectivity index (χ4n) is 3.39. The Morgan fingerprint density at radius 1 is 0.938 bits per heavy atom. The summed E-state index contributed by atoms with van der Waals surface area (Å²) in [6, 6.07) is 12.0. The molecule has 1 aromatic carbocycles. The molecule has 0 N–H and O–H groups in total. The van der Waals surface area contributed by atoms with Crippen LogP contribution >= 0.6 is 0 Å². The van der Waals surface area contributed by atoms with Gasteiger partial charge in [-0.3, -0.25) is 4.90 Å². The first kappa shape index (κ1) is 10.3. The van der Waals surface area contributed by atoms with Crippen molar-refractivity contribution in [3.8, 4) is 0 Å². The summed E-state index contributed by atoms with van der Waals surface area (Å²) in [5.41, 5.74) is 1.55. The molecule has 2 atom stereocenters. The van der Waals surface area contributed by atoms with Crippen molar-refractivity contribution in [2.75, 3.05) is 13.1 Å². The summed E-state index contributed by atoms with van der Waals surface area (Å²) in [6.07, 6.45) is 7.13. The van der Waals surface area contributed by atoms with E-state index in [0.29, 0.717) is 0 Å². The molecule has 0 unspecified atom stereocenters. The van der Waals surface area contributed by atoms with E-state index in [4.69, 9.17) is 0 Å². The van der Waals surface area contributed by atoms with E-state index >= 15 is 0 Å². The Balaban J connectivity index is 1.71. The second-order valence-corrected chi connectivity index (χ2v) is 5.33. The third-order valence-electron chi connectivity index (χ3n) is 4.32. The molecular weight excluding hydrogens is 194 g/mol. The van der Waals surface area contributed by atoms with Gasteiger partial charge in [0.05, 0.1) is 0 Å². The highest BCUT2D eigenvalue weighted by Crippen LogP contribution is 2.33. The van der Waals surface area contributed by atoms with Crippen molar-refractivity contribution in [2.45, 2.75) is 44.1 Å². The molecule has 16 heavy (non-hydrogen) atoms. The van der Waals surface area contributed by atoms with E-state index in [1.165, 1.54) is 45.2 Å². The van der Waals surface area contributed by atoms with Crippen LogP contribution in [0.15, 0.2) is 30.3 Å². The summed E-state index contributed by atoms with van der Waals surface area (Å²) >= 11 is 0. The van der Waals surface area contributed by atoms with Crippen molar-refractivity contribution in [3.63, 3.8) is 0 Å². The van der Waals surface area contributed by atoms with Crippen molar-refractivity contribution >= 4 is 0 Å². The van der Waals surface area contributed by atoms with Crippen LogP contribution in [0.3, 0.4) is 0 Å². The topological polar surface area (TPSA) is 3.24 Å². The van der Waals surface area contributed by atoms with Crippen LogP contribution in [0.25, 0.3) is 0 Å². The van der Waals surface area contributed by atoms with Gasteiger partial charge in [-0.25, -0.2) is 0 Å². The lowest BCUT2D eigenvalue weighted by molar-refractivity contribution is 0.0959. The van der Waals surface area contributed by atoms with Crippen LogP contribution in [-0.4, -0.2) is 24.0 Å². The summed E-state index contributed by atoms with van der Waals surface area (Å²) in [7, 11) is 0. The lowest BCUT2D eigenvalue weighted by Gasteiger charge is -2.42. The molecule has 2 fully saturated rings. The second kappa shape index (κ2) is 4.58. The van der Waals surface area contributed by atoms with Gasteiger partial charge in [0.15, 0.2) is 0 Å². The number of rotatable bonds is 1. The van der Waals surface area contributed by atoms with Crippen LogP contribution in [0.1, 0.15) is 43.6 Å². The predicted molar refractivity (Wildman–Crippen MR) is 67.6 cm³/mol. The van der Waals surface area contributed by atoms with Crippen LogP contribution in [0, 0.1) is 0 Å². The lowest BCUT2D eigenvalue weighted by atomic mass is 9.84. The SMILES string of the molecule is c1ccc([C@H]2CC[C@H]3CCCCN3C2)cc1. The standard InChI is InChI=1S/C15H21N/c1-2-6-13(7-3-1)14-9-10-15-8-4-5-11-16(15)12-14/h1-3,6-7,14-15H,4-5,8-12H2/t14-,15+/m0/s1. The fourth-order valence-corrected chi connectivity index (χ4v) is 3.39. The van der Waals surface area contributed by atoms with Crippen molar-refractivity contribution in [1.29, 1.82) is 0 Å². The maximum Gasteiger partial charge on any atom is 0.00957 e. The third kappa shape index (κ3) is 2.01. The van der Waals surface area contributed by atoms with Gasteiger partial charge in [0, 0.05) is 12.6 Å². The van der Waals surface area contributed by atoms with Gasteiger partial charge in [-0.2, -0.15) is 0 Å². The quantitative estimate of drug-likeness (QED) is 0.694. The summed E-state index contributed by atoms with van der Waals surface area (Å²) in [5.74, 6) is 0.788. The van der Waals surface area contributed by atoms with E-state index in [1.807, 2.05) is 0 Å². The molecule has 2 aliphatic heterocycles. The normalized spacial score (nSPS) is 31.0. The average molecular weight is 215 g/mol.